The zero-order valence-electron chi connectivity index (χ0n) is 21.8. The summed E-state index contributed by atoms with van der Waals surface area (Å²) in [5.74, 6) is 0.365. The molecule has 0 saturated heterocycles. The van der Waals surface area contributed by atoms with Crippen molar-refractivity contribution in [2.75, 3.05) is 13.7 Å². The Morgan fingerprint density at radius 3 is 2.39 bits per heavy atom. The minimum atomic E-state index is -0.907. The van der Waals surface area contributed by atoms with Gasteiger partial charge in [-0.05, 0) is 65.3 Å². The molecule has 1 unspecified atom stereocenters. The average molecular weight is 517 g/mol. The maximum absolute atomic E-state index is 13.4. The molecule has 0 fully saturated rings. The molecule has 0 saturated carbocycles. The van der Waals surface area contributed by atoms with Crippen LogP contribution in [0.1, 0.15) is 54.0 Å². The molecule has 0 bridgehead atoms. The molecule has 1 aromatic carbocycles. The normalized spacial score (nSPS) is 12.9. The van der Waals surface area contributed by atoms with Crippen LogP contribution in [0.5, 0.6) is 5.75 Å². The van der Waals surface area contributed by atoms with Crippen molar-refractivity contribution in [1.82, 2.24) is 9.55 Å². The summed E-state index contributed by atoms with van der Waals surface area (Å²) >= 11 is 6.30. The van der Waals surface area contributed by atoms with Crippen LogP contribution in [0, 0.1) is 0 Å². The Hall–Kier alpha value is -3.10. The zero-order valence-corrected chi connectivity index (χ0v) is 22.5. The fourth-order valence-electron chi connectivity index (χ4n) is 3.67. The SMILES string of the molecule is COc1cn(C(CCOC(C)(C)C)C(=O)OC(C)(C)C)c(=O)cc1-c1cc(Cl)ccc1-c1cnco1. The molecule has 36 heavy (non-hydrogen) atoms. The van der Waals surface area contributed by atoms with E-state index in [9.17, 15) is 9.59 Å². The lowest BCUT2D eigenvalue weighted by Crippen LogP contribution is -2.36. The van der Waals surface area contributed by atoms with E-state index in [4.69, 9.17) is 30.2 Å². The molecule has 2 heterocycles. The summed E-state index contributed by atoms with van der Waals surface area (Å²) in [6.07, 6.45) is 4.67. The topological polar surface area (TPSA) is 92.8 Å². The molecule has 0 N–H and O–H groups in total. The number of hydrogen-bond donors (Lipinski definition) is 0. The van der Waals surface area contributed by atoms with Gasteiger partial charge in [-0.25, -0.2) is 9.78 Å². The highest BCUT2D eigenvalue weighted by Crippen LogP contribution is 2.38. The Morgan fingerprint density at radius 2 is 1.81 bits per heavy atom. The average Bonchev–Trinajstić information content (AvgIpc) is 3.29. The number of benzene rings is 1. The zero-order chi connectivity index (χ0) is 26.7. The molecule has 0 aliphatic heterocycles. The van der Waals surface area contributed by atoms with Gasteiger partial charge in [0.1, 0.15) is 17.4 Å². The van der Waals surface area contributed by atoms with Gasteiger partial charge in [0, 0.05) is 35.2 Å². The summed E-state index contributed by atoms with van der Waals surface area (Å²) < 4.78 is 24.0. The molecular weight excluding hydrogens is 484 g/mol. The number of carbonyl (C=O) groups excluding carboxylic acids is 1. The largest absolute Gasteiger partial charge is 0.495 e. The first kappa shape index (κ1) is 27.5. The highest BCUT2D eigenvalue weighted by molar-refractivity contribution is 6.31. The molecule has 0 spiro atoms. The lowest BCUT2D eigenvalue weighted by molar-refractivity contribution is -0.160. The molecule has 3 aromatic rings. The molecule has 0 amide bonds. The summed E-state index contributed by atoms with van der Waals surface area (Å²) in [4.78, 5) is 30.6. The van der Waals surface area contributed by atoms with Crippen molar-refractivity contribution in [1.29, 1.82) is 0 Å². The molecule has 194 valence electrons. The molecule has 0 aliphatic rings. The number of hydrogen-bond acceptors (Lipinski definition) is 7. The number of halogens is 1. The molecule has 0 radical (unpaired) electrons. The summed E-state index contributed by atoms with van der Waals surface area (Å²) in [5.41, 5.74) is 0.303. The van der Waals surface area contributed by atoms with Crippen LogP contribution >= 0.6 is 11.6 Å². The third-order valence-corrected chi connectivity index (χ3v) is 5.41. The van der Waals surface area contributed by atoms with E-state index in [2.05, 4.69) is 4.98 Å². The van der Waals surface area contributed by atoms with Gasteiger partial charge in [-0.15, -0.1) is 0 Å². The Labute approximate surface area is 216 Å². The van der Waals surface area contributed by atoms with Crippen LogP contribution in [0.2, 0.25) is 5.02 Å². The highest BCUT2D eigenvalue weighted by atomic mass is 35.5. The number of esters is 1. The van der Waals surface area contributed by atoms with Crippen LogP contribution in [-0.4, -0.2) is 40.4 Å². The Morgan fingerprint density at radius 1 is 1.08 bits per heavy atom. The van der Waals surface area contributed by atoms with Gasteiger partial charge in [-0.1, -0.05) is 11.6 Å². The van der Waals surface area contributed by atoms with E-state index in [-0.39, 0.29) is 13.0 Å². The van der Waals surface area contributed by atoms with Crippen LogP contribution in [-0.2, 0) is 14.3 Å². The van der Waals surface area contributed by atoms with Gasteiger partial charge in [0.05, 0.1) is 25.1 Å². The monoisotopic (exact) mass is 516 g/mol. The van der Waals surface area contributed by atoms with Gasteiger partial charge in [-0.2, -0.15) is 0 Å². The lowest BCUT2D eigenvalue weighted by Gasteiger charge is -2.27. The van der Waals surface area contributed by atoms with Gasteiger partial charge < -0.3 is 18.6 Å². The molecule has 0 aliphatic carbocycles. The molecule has 3 rings (SSSR count). The number of nitrogens with zero attached hydrogens (tertiary/aromatic N) is 2. The predicted octanol–water partition coefficient (Wildman–Crippen LogP) is 5.92. The van der Waals surface area contributed by atoms with E-state index in [1.165, 1.54) is 30.3 Å². The smallest absolute Gasteiger partial charge is 0.329 e. The number of pyridine rings is 1. The van der Waals surface area contributed by atoms with Crippen molar-refractivity contribution >= 4 is 17.6 Å². The van der Waals surface area contributed by atoms with Crippen LogP contribution < -0.4 is 10.3 Å². The van der Waals surface area contributed by atoms with E-state index in [1.54, 1.807) is 45.2 Å². The van der Waals surface area contributed by atoms with Gasteiger partial charge in [0.15, 0.2) is 12.2 Å². The van der Waals surface area contributed by atoms with Crippen molar-refractivity contribution < 1.29 is 23.4 Å². The second-order valence-electron chi connectivity index (χ2n) is 10.4. The third-order valence-electron chi connectivity index (χ3n) is 5.17. The number of methoxy groups -OCH3 is 1. The van der Waals surface area contributed by atoms with Crippen molar-refractivity contribution in [3.05, 3.63) is 58.4 Å². The van der Waals surface area contributed by atoms with E-state index in [0.29, 0.717) is 33.2 Å². The number of oxazole rings is 1. The minimum Gasteiger partial charge on any atom is -0.495 e. The van der Waals surface area contributed by atoms with E-state index < -0.39 is 28.8 Å². The summed E-state index contributed by atoms with van der Waals surface area (Å²) in [6, 6.07) is 5.76. The van der Waals surface area contributed by atoms with E-state index >= 15 is 0 Å². The molecule has 2 aromatic heterocycles. The number of aromatic nitrogens is 2. The fourth-order valence-corrected chi connectivity index (χ4v) is 3.84. The van der Waals surface area contributed by atoms with Crippen LogP contribution in [0.25, 0.3) is 22.5 Å². The Balaban J connectivity index is 2.10. The maximum atomic E-state index is 13.4. The first-order valence-electron chi connectivity index (χ1n) is 11.6. The predicted molar refractivity (Wildman–Crippen MR) is 138 cm³/mol. The van der Waals surface area contributed by atoms with Gasteiger partial charge in [0.25, 0.3) is 5.56 Å². The summed E-state index contributed by atoms with van der Waals surface area (Å²) in [6.45, 7) is 11.4. The van der Waals surface area contributed by atoms with Crippen LogP contribution in [0.15, 0.2) is 52.3 Å². The first-order chi connectivity index (χ1) is 16.8. The van der Waals surface area contributed by atoms with Gasteiger partial charge in [0.2, 0.25) is 0 Å². The fraction of sp³-hybridized carbons (Fsp3) is 0.444. The number of rotatable bonds is 8. The quantitative estimate of drug-likeness (QED) is 0.343. The molecule has 9 heteroatoms. The van der Waals surface area contributed by atoms with Crippen molar-refractivity contribution in [3.8, 4) is 28.2 Å². The summed E-state index contributed by atoms with van der Waals surface area (Å²) in [7, 11) is 1.50. The first-order valence-corrected chi connectivity index (χ1v) is 12.0. The highest BCUT2D eigenvalue weighted by Gasteiger charge is 2.29. The van der Waals surface area contributed by atoms with Crippen molar-refractivity contribution in [2.24, 2.45) is 0 Å². The number of ether oxygens (including phenoxy) is 3. The Kier molecular flexibility index (Phi) is 8.31. The minimum absolute atomic E-state index is 0.245. The standard InChI is InChI=1S/C27H33ClN2O6/c1-26(2,3)35-11-10-21(25(32)36-27(4,5)6)30-15-23(33-7)20(13-24(30)31)19-12-17(28)8-9-18(19)22-14-29-16-34-22/h8-9,12-16,21H,10-11H2,1-7H3. The number of carbonyl (C=O) groups is 1. The van der Waals surface area contributed by atoms with Gasteiger partial charge >= 0.3 is 5.97 Å². The van der Waals surface area contributed by atoms with E-state index in [1.807, 2.05) is 20.8 Å². The molecule has 1 atom stereocenters. The van der Waals surface area contributed by atoms with Gasteiger partial charge in [-0.3, -0.25) is 9.36 Å². The van der Waals surface area contributed by atoms with Crippen LogP contribution in [0.3, 0.4) is 0 Å². The van der Waals surface area contributed by atoms with Crippen molar-refractivity contribution in [3.63, 3.8) is 0 Å². The van der Waals surface area contributed by atoms with Crippen molar-refractivity contribution in [2.45, 2.75) is 65.2 Å². The summed E-state index contributed by atoms with van der Waals surface area (Å²) in [5, 5.41) is 0.477. The molecular formula is C27H33ClN2O6. The Bertz CT molecular complexity index is 1250. The maximum Gasteiger partial charge on any atom is 0.329 e. The van der Waals surface area contributed by atoms with E-state index in [0.717, 1.165) is 0 Å². The third kappa shape index (κ3) is 6.98. The molecule has 8 nitrogen and oxygen atoms in total. The lowest BCUT2D eigenvalue weighted by atomic mass is 9.98. The second kappa shape index (κ2) is 10.9. The van der Waals surface area contributed by atoms with Crippen LogP contribution in [0.4, 0.5) is 0 Å². The second-order valence-corrected chi connectivity index (χ2v) is 10.8.